The van der Waals surface area contributed by atoms with Crippen molar-refractivity contribution in [2.75, 3.05) is 29.6 Å². The van der Waals surface area contributed by atoms with E-state index in [1.54, 1.807) is 18.3 Å². The Morgan fingerprint density at radius 1 is 0.963 bits per heavy atom. The molecule has 5 nitrogen and oxygen atoms in total. The number of hydrogen-bond acceptors (Lipinski definition) is 4. The van der Waals surface area contributed by atoms with Crippen molar-refractivity contribution in [1.82, 2.24) is 4.98 Å². The van der Waals surface area contributed by atoms with E-state index < -0.39 is 0 Å². The number of aromatic nitrogens is 1. The van der Waals surface area contributed by atoms with E-state index in [2.05, 4.69) is 15.6 Å². The Morgan fingerprint density at radius 3 is 2.33 bits per heavy atom. The Hall–Kier alpha value is -3.34. The maximum Gasteiger partial charge on any atom is 0.257 e. The highest BCUT2D eigenvalue weighted by Crippen LogP contribution is 2.21. The minimum atomic E-state index is -0.168. The number of hydrogen-bond donors (Lipinski definition) is 2. The number of nitrogens with one attached hydrogen (secondary N) is 2. The predicted molar refractivity (Wildman–Crippen MR) is 112 cm³/mol. The van der Waals surface area contributed by atoms with Gasteiger partial charge in [-0.1, -0.05) is 12.1 Å². The van der Waals surface area contributed by atoms with Gasteiger partial charge in [0.15, 0.2) is 0 Å². The van der Waals surface area contributed by atoms with Gasteiger partial charge in [-0.15, -0.1) is 0 Å². The molecule has 0 aliphatic rings. The summed E-state index contributed by atoms with van der Waals surface area (Å²) >= 11 is 0. The number of aryl methyl sites for hydroxylation is 1. The number of amides is 1. The Bertz CT molecular complexity index is 932. The molecule has 0 saturated heterocycles. The van der Waals surface area contributed by atoms with E-state index in [-0.39, 0.29) is 5.91 Å². The molecule has 0 aliphatic heterocycles. The van der Waals surface area contributed by atoms with E-state index in [9.17, 15) is 4.79 Å². The molecule has 1 heterocycles. The molecular weight excluding hydrogens is 336 g/mol. The summed E-state index contributed by atoms with van der Waals surface area (Å²) in [5.41, 5.74) is 5.63. The van der Waals surface area contributed by atoms with Gasteiger partial charge < -0.3 is 15.5 Å². The third-order valence-electron chi connectivity index (χ3n) is 4.53. The zero-order valence-electron chi connectivity index (χ0n) is 16.1. The fourth-order valence-electron chi connectivity index (χ4n) is 2.67. The fourth-order valence-corrected chi connectivity index (χ4v) is 2.67. The Morgan fingerprint density at radius 2 is 1.70 bits per heavy atom. The number of anilines is 4. The Balaban J connectivity index is 1.67. The largest absolute Gasteiger partial charge is 0.378 e. The standard InChI is InChI=1S/C22H24N4O/c1-15-6-5-7-20(16(15)2)25-22(27)17-8-13-21(23-14-17)24-18-9-11-19(12-10-18)26(3)4/h5-14H,1-4H3,(H,23,24)(H,25,27). The van der Waals surface area contributed by atoms with Gasteiger partial charge in [-0.05, 0) is 67.4 Å². The minimum Gasteiger partial charge on any atom is -0.378 e. The summed E-state index contributed by atoms with van der Waals surface area (Å²) in [6.07, 6.45) is 1.58. The monoisotopic (exact) mass is 360 g/mol. The lowest BCUT2D eigenvalue weighted by atomic mass is 10.1. The third-order valence-corrected chi connectivity index (χ3v) is 4.53. The predicted octanol–water partition coefficient (Wildman–Crippen LogP) is 4.76. The summed E-state index contributed by atoms with van der Waals surface area (Å²) in [6, 6.07) is 17.5. The lowest BCUT2D eigenvalue weighted by Crippen LogP contribution is -2.13. The fraction of sp³-hybridized carbons (Fsp3) is 0.182. The van der Waals surface area contributed by atoms with Gasteiger partial charge >= 0.3 is 0 Å². The van der Waals surface area contributed by atoms with E-state index in [0.29, 0.717) is 11.4 Å². The first-order chi connectivity index (χ1) is 12.9. The summed E-state index contributed by atoms with van der Waals surface area (Å²) in [7, 11) is 4.01. The van der Waals surface area contributed by atoms with Crippen molar-refractivity contribution < 1.29 is 4.79 Å². The molecule has 2 aromatic carbocycles. The highest BCUT2D eigenvalue weighted by molar-refractivity contribution is 6.04. The van der Waals surface area contributed by atoms with Gasteiger partial charge in [0.25, 0.3) is 5.91 Å². The molecule has 0 unspecified atom stereocenters. The van der Waals surface area contributed by atoms with Crippen LogP contribution in [-0.2, 0) is 0 Å². The van der Waals surface area contributed by atoms with Gasteiger partial charge in [-0.3, -0.25) is 4.79 Å². The van der Waals surface area contributed by atoms with Crippen molar-refractivity contribution in [1.29, 1.82) is 0 Å². The van der Waals surface area contributed by atoms with Gasteiger partial charge in [0.1, 0.15) is 5.82 Å². The van der Waals surface area contributed by atoms with E-state index in [4.69, 9.17) is 0 Å². The van der Waals surface area contributed by atoms with Crippen LogP contribution in [0.5, 0.6) is 0 Å². The molecule has 0 aliphatic carbocycles. The van der Waals surface area contributed by atoms with Crippen molar-refractivity contribution in [3.8, 4) is 0 Å². The molecule has 0 spiro atoms. The summed E-state index contributed by atoms with van der Waals surface area (Å²) in [5.74, 6) is 0.522. The smallest absolute Gasteiger partial charge is 0.257 e. The van der Waals surface area contributed by atoms with Crippen LogP contribution in [0.15, 0.2) is 60.8 Å². The molecule has 1 aromatic heterocycles. The van der Waals surface area contributed by atoms with E-state index in [0.717, 1.165) is 28.2 Å². The zero-order valence-corrected chi connectivity index (χ0v) is 16.1. The van der Waals surface area contributed by atoms with Crippen molar-refractivity contribution in [3.05, 3.63) is 77.5 Å². The van der Waals surface area contributed by atoms with Crippen molar-refractivity contribution in [2.24, 2.45) is 0 Å². The van der Waals surface area contributed by atoms with Crippen LogP contribution in [0.1, 0.15) is 21.5 Å². The van der Waals surface area contributed by atoms with Crippen LogP contribution < -0.4 is 15.5 Å². The molecule has 5 heteroatoms. The van der Waals surface area contributed by atoms with E-state index in [1.165, 1.54) is 0 Å². The minimum absolute atomic E-state index is 0.168. The lowest BCUT2D eigenvalue weighted by molar-refractivity contribution is 0.102. The molecular formula is C22H24N4O. The average Bonchev–Trinajstić information content (AvgIpc) is 2.66. The van der Waals surface area contributed by atoms with Crippen LogP contribution >= 0.6 is 0 Å². The molecule has 0 atom stereocenters. The summed E-state index contributed by atoms with van der Waals surface area (Å²) < 4.78 is 0. The first-order valence-corrected chi connectivity index (χ1v) is 8.82. The highest BCUT2D eigenvalue weighted by atomic mass is 16.1. The maximum absolute atomic E-state index is 12.5. The van der Waals surface area contributed by atoms with Crippen LogP contribution in [0.2, 0.25) is 0 Å². The molecule has 3 aromatic rings. The first-order valence-electron chi connectivity index (χ1n) is 8.82. The second-order valence-electron chi connectivity index (χ2n) is 6.70. The van der Waals surface area contributed by atoms with E-state index in [1.807, 2.05) is 75.3 Å². The zero-order chi connectivity index (χ0) is 19.4. The summed E-state index contributed by atoms with van der Waals surface area (Å²) in [6.45, 7) is 4.02. The third kappa shape index (κ3) is 4.44. The Kier molecular flexibility index (Phi) is 5.41. The van der Waals surface area contributed by atoms with E-state index >= 15 is 0 Å². The van der Waals surface area contributed by atoms with Crippen molar-refractivity contribution in [2.45, 2.75) is 13.8 Å². The van der Waals surface area contributed by atoms with Crippen LogP contribution in [0.4, 0.5) is 22.9 Å². The summed E-state index contributed by atoms with van der Waals surface area (Å²) in [4.78, 5) is 18.9. The van der Waals surface area contributed by atoms with Crippen molar-refractivity contribution in [3.63, 3.8) is 0 Å². The van der Waals surface area contributed by atoms with Crippen LogP contribution in [0.3, 0.4) is 0 Å². The van der Waals surface area contributed by atoms with Gasteiger partial charge in [0, 0.05) is 37.4 Å². The molecule has 3 rings (SSSR count). The molecule has 1 amide bonds. The molecule has 2 N–H and O–H groups in total. The van der Waals surface area contributed by atoms with Gasteiger partial charge in [0.2, 0.25) is 0 Å². The normalized spacial score (nSPS) is 10.4. The summed E-state index contributed by atoms with van der Waals surface area (Å²) in [5, 5.41) is 6.19. The number of carbonyl (C=O) groups excluding carboxylic acids is 1. The van der Waals surface area contributed by atoms with Crippen LogP contribution in [0, 0.1) is 13.8 Å². The second-order valence-corrected chi connectivity index (χ2v) is 6.70. The molecule has 0 saturated carbocycles. The quantitative estimate of drug-likeness (QED) is 0.689. The highest BCUT2D eigenvalue weighted by Gasteiger charge is 2.09. The molecule has 27 heavy (non-hydrogen) atoms. The molecule has 138 valence electrons. The van der Waals surface area contributed by atoms with Crippen LogP contribution in [-0.4, -0.2) is 25.0 Å². The lowest BCUT2D eigenvalue weighted by Gasteiger charge is -2.13. The molecule has 0 radical (unpaired) electrons. The topological polar surface area (TPSA) is 57.3 Å². The molecule has 0 bridgehead atoms. The number of pyridine rings is 1. The molecule has 0 fully saturated rings. The van der Waals surface area contributed by atoms with Gasteiger partial charge in [-0.2, -0.15) is 0 Å². The maximum atomic E-state index is 12.5. The number of benzene rings is 2. The van der Waals surface area contributed by atoms with Gasteiger partial charge in [-0.25, -0.2) is 4.98 Å². The average molecular weight is 360 g/mol. The second kappa shape index (κ2) is 7.91. The van der Waals surface area contributed by atoms with Crippen molar-refractivity contribution >= 4 is 28.8 Å². The SMILES string of the molecule is Cc1cccc(NC(=O)c2ccc(Nc3ccc(N(C)C)cc3)nc2)c1C. The number of rotatable bonds is 5. The van der Waals surface area contributed by atoms with Gasteiger partial charge in [0.05, 0.1) is 5.56 Å². The van der Waals surface area contributed by atoms with Crippen LogP contribution in [0.25, 0.3) is 0 Å². The first kappa shape index (κ1) is 18.5. The Labute approximate surface area is 160 Å². The number of nitrogens with zero attached hydrogens (tertiary/aromatic N) is 2. The number of carbonyl (C=O) groups is 1.